The molecule has 0 atom stereocenters. The lowest BCUT2D eigenvalue weighted by molar-refractivity contribution is -0.222. The first-order chi connectivity index (χ1) is 18.2. The monoisotopic (exact) mass is 548 g/mol. The van der Waals surface area contributed by atoms with E-state index in [1.54, 1.807) is 0 Å². The molecule has 8 heteroatoms. The normalized spacial score (nSPS) is 24.3. The van der Waals surface area contributed by atoms with Gasteiger partial charge in [0.25, 0.3) is 0 Å². The van der Waals surface area contributed by atoms with Gasteiger partial charge >= 0.3 is 6.11 Å². The largest absolute Gasteiger partial charge is 0.432 e. The predicted molar refractivity (Wildman–Crippen MR) is 137 cm³/mol. The molecule has 0 radical (unpaired) electrons. The van der Waals surface area contributed by atoms with E-state index in [2.05, 4.69) is 6.92 Å². The third-order valence-corrected chi connectivity index (χ3v) is 7.68. The van der Waals surface area contributed by atoms with Crippen molar-refractivity contribution >= 4 is 11.6 Å². The fourth-order valence-electron chi connectivity index (χ4n) is 5.18. The molecule has 0 bridgehead atoms. The summed E-state index contributed by atoms with van der Waals surface area (Å²) in [6.45, 7) is 3.39. The van der Waals surface area contributed by atoms with Crippen molar-refractivity contribution in [2.24, 2.45) is 11.8 Å². The number of hydrogen-bond acceptors (Lipinski definition) is 3. The summed E-state index contributed by atoms with van der Waals surface area (Å²) in [5, 5.41) is -0.0844. The fourth-order valence-corrected chi connectivity index (χ4v) is 5.30. The van der Waals surface area contributed by atoms with Crippen LogP contribution in [-0.2, 0) is 9.47 Å². The van der Waals surface area contributed by atoms with Gasteiger partial charge in [0.15, 0.2) is 6.29 Å². The van der Waals surface area contributed by atoms with Crippen molar-refractivity contribution in [2.75, 3.05) is 13.2 Å². The molecule has 3 aromatic rings. The SMILES string of the molecule is CC1COC(c2ccc(C3CCC(C(F)(F)Oc4ccc(-c5ccc(Cl)c(F)c5)c(F)c4)CC3)cc2)OC1. The third-order valence-electron chi connectivity index (χ3n) is 7.37. The molecule has 0 spiro atoms. The van der Waals surface area contributed by atoms with E-state index in [9.17, 15) is 8.78 Å². The second-order valence-corrected chi connectivity index (χ2v) is 10.7. The Morgan fingerprint density at radius 2 is 1.47 bits per heavy atom. The van der Waals surface area contributed by atoms with Crippen molar-refractivity contribution < 1.29 is 31.8 Å². The quantitative estimate of drug-likeness (QED) is 0.288. The topological polar surface area (TPSA) is 27.7 Å². The van der Waals surface area contributed by atoms with E-state index in [4.69, 9.17) is 25.8 Å². The molecule has 0 aromatic heterocycles. The average molecular weight is 549 g/mol. The molecule has 0 N–H and O–H groups in total. The molecule has 38 heavy (non-hydrogen) atoms. The molecular weight excluding hydrogens is 520 g/mol. The minimum absolute atomic E-state index is 0.0685. The zero-order chi connectivity index (χ0) is 26.9. The summed E-state index contributed by atoms with van der Waals surface area (Å²) in [5.74, 6) is -2.17. The second kappa shape index (κ2) is 11.2. The molecule has 202 valence electrons. The molecule has 1 saturated heterocycles. The van der Waals surface area contributed by atoms with Crippen molar-refractivity contribution in [2.45, 2.75) is 50.9 Å². The van der Waals surface area contributed by atoms with Gasteiger partial charge in [-0.2, -0.15) is 8.78 Å². The summed E-state index contributed by atoms with van der Waals surface area (Å²) >= 11 is 5.68. The Kier molecular flexibility index (Phi) is 7.98. The van der Waals surface area contributed by atoms with Crippen molar-refractivity contribution in [1.82, 2.24) is 0 Å². The van der Waals surface area contributed by atoms with E-state index in [0.29, 0.717) is 32.0 Å². The van der Waals surface area contributed by atoms with Crippen LogP contribution in [-0.4, -0.2) is 19.3 Å². The number of benzene rings is 3. The zero-order valence-corrected chi connectivity index (χ0v) is 21.7. The van der Waals surface area contributed by atoms with Gasteiger partial charge in [-0.3, -0.25) is 0 Å². The average Bonchev–Trinajstić information content (AvgIpc) is 2.91. The van der Waals surface area contributed by atoms with Crippen LogP contribution in [0.3, 0.4) is 0 Å². The molecule has 2 fully saturated rings. The van der Waals surface area contributed by atoms with Crippen LogP contribution >= 0.6 is 11.6 Å². The van der Waals surface area contributed by atoms with E-state index >= 15 is 8.78 Å². The van der Waals surface area contributed by atoms with Crippen LogP contribution in [0.15, 0.2) is 60.7 Å². The molecule has 1 heterocycles. The fraction of sp³-hybridized carbons (Fsp3) is 0.400. The van der Waals surface area contributed by atoms with Crippen LogP contribution in [0, 0.1) is 23.5 Å². The highest BCUT2D eigenvalue weighted by atomic mass is 35.5. The van der Waals surface area contributed by atoms with Crippen molar-refractivity contribution in [3.63, 3.8) is 0 Å². The van der Waals surface area contributed by atoms with Crippen LogP contribution in [0.5, 0.6) is 5.75 Å². The molecule has 3 aromatic carbocycles. The lowest BCUT2D eigenvalue weighted by atomic mass is 9.78. The highest BCUT2D eigenvalue weighted by molar-refractivity contribution is 6.30. The van der Waals surface area contributed by atoms with Gasteiger partial charge in [-0.05, 0) is 67.0 Å². The number of alkyl halides is 2. The molecule has 0 amide bonds. The van der Waals surface area contributed by atoms with Crippen LogP contribution in [0.2, 0.25) is 5.02 Å². The molecule has 1 aliphatic heterocycles. The van der Waals surface area contributed by atoms with Gasteiger partial charge in [0.1, 0.15) is 17.4 Å². The molecule has 2 aliphatic rings. The molecular formula is C30H29ClF4O3. The van der Waals surface area contributed by atoms with Crippen LogP contribution < -0.4 is 4.74 Å². The summed E-state index contributed by atoms with van der Waals surface area (Å²) in [6, 6.07) is 15.4. The number of rotatable bonds is 6. The van der Waals surface area contributed by atoms with Crippen molar-refractivity contribution in [3.8, 4) is 16.9 Å². The molecule has 1 aliphatic carbocycles. The molecule has 0 unspecified atom stereocenters. The Morgan fingerprint density at radius 3 is 2.11 bits per heavy atom. The van der Waals surface area contributed by atoms with Crippen LogP contribution in [0.4, 0.5) is 17.6 Å². The van der Waals surface area contributed by atoms with Gasteiger partial charge in [0.05, 0.1) is 24.2 Å². The van der Waals surface area contributed by atoms with Gasteiger partial charge in [-0.1, -0.05) is 48.9 Å². The summed E-state index contributed by atoms with van der Waals surface area (Å²) < 4.78 is 75.0. The number of halogens is 5. The first-order valence-corrected chi connectivity index (χ1v) is 13.2. The Morgan fingerprint density at radius 1 is 0.816 bits per heavy atom. The highest BCUT2D eigenvalue weighted by Crippen LogP contribution is 2.44. The Hall–Kier alpha value is -2.61. The minimum Gasteiger partial charge on any atom is -0.432 e. The van der Waals surface area contributed by atoms with E-state index in [1.165, 1.54) is 24.3 Å². The van der Waals surface area contributed by atoms with Crippen LogP contribution in [0.1, 0.15) is 55.9 Å². The summed E-state index contributed by atoms with van der Waals surface area (Å²) in [7, 11) is 0. The van der Waals surface area contributed by atoms with Gasteiger partial charge in [-0.15, -0.1) is 0 Å². The minimum atomic E-state index is -3.44. The summed E-state index contributed by atoms with van der Waals surface area (Å²) in [6.07, 6.45) is -2.02. The van der Waals surface area contributed by atoms with Gasteiger partial charge in [0.2, 0.25) is 0 Å². The first-order valence-electron chi connectivity index (χ1n) is 12.8. The predicted octanol–water partition coefficient (Wildman–Crippen LogP) is 8.91. The zero-order valence-electron chi connectivity index (χ0n) is 20.9. The number of hydrogen-bond donors (Lipinski definition) is 0. The Bertz CT molecular complexity index is 1250. The van der Waals surface area contributed by atoms with Crippen LogP contribution in [0.25, 0.3) is 11.1 Å². The van der Waals surface area contributed by atoms with E-state index < -0.39 is 23.7 Å². The van der Waals surface area contributed by atoms with Gasteiger partial charge < -0.3 is 14.2 Å². The van der Waals surface area contributed by atoms with E-state index in [0.717, 1.165) is 23.3 Å². The third kappa shape index (κ3) is 6.00. The summed E-state index contributed by atoms with van der Waals surface area (Å²) in [5.41, 5.74) is 2.38. The van der Waals surface area contributed by atoms with E-state index in [1.807, 2.05) is 24.3 Å². The van der Waals surface area contributed by atoms with Gasteiger partial charge in [-0.25, -0.2) is 8.78 Å². The van der Waals surface area contributed by atoms with E-state index in [-0.39, 0.29) is 46.9 Å². The van der Waals surface area contributed by atoms with Crippen molar-refractivity contribution in [3.05, 3.63) is 88.4 Å². The Labute approximate surface area is 224 Å². The second-order valence-electron chi connectivity index (χ2n) is 10.3. The maximum atomic E-state index is 15.0. The molecule has 1 saturated carbocycles. The van der Waals surface area contributed by atoms with Crippen molar-refractivity contribution in [1.29, 1.82) is 0 Å². The standard InChI is InChI=1S/C30H29ClF4O3/c1-18-16-36-29(37-17-18)21-4-2-19(3-5-21)20-6-9-23(10-7-20)30(34,35)38-24-11-12-25(27(32)15-24)22-8-13-26(31)28(33)14-22/h2-5,8,11-15,18,20,23,29H,6-7,9-10,16-17H2,1H3. The smallest absolute Gasteiger partial charge is 0.400 e. The highest BCUT2D eigenvalue weighted by Gasteiger charge is 2.44. The van der Waals surface area contributed by atoms with Gasteiger partial charge in [0, 0.05) is 23.1 Å². The molecule has 5 rings (SSSR count). The Balaban J connectivity index is 1.18. The lowest BCUT2D eigenvalue weighted by Gasteiger charge is -2.33. The lowest BCUT2D eigenvalue weighted by Crippen LogP contribution is -2.37. The maximum absolute atomic E-state index is 15.0. The summed E-state index contributed by atoms with van der Waals surface area (Å²) in [4.78, 5) is 0. The number of ether oxygens (including phenoxy) is 3. The first kappa shape index (κ1) is 27.0. The maximum Gasteiger partial charge on any atom is 0.400 e. The molecule has 3 nitrogen and oxygen atoms in total.